The number of halogens is 1. The van der Waals surface area contributed by atoms with Crippen molar-refractivity contribution in [2.75, 3.05) is 20.8 Å². The molecule has 1 aliphatic rings. The van der Waals surface area contributed by atoms with Gasteiger partial charge in [0.1, 0.15) is 29.4 Å². The maximum Gasteiger partial charge on any atom is 0.330 e. The second-order valence-corrected chi connectivity index (χ2v) is 10.6. The number of hydrogen-bond acceptors (Lipinski definition) is 7. The van der Waals surface area contributed by atoms with Gasteiger partial charge in [-0.15, -0.1) is 0 Å². The topological polar surface area (TPSA) is 112 Å². The number of aromatic nitrogens is 2. The smallest absolute Gasteiger partial charge is 0.330 e. The van der Waals surface area contributed by atoms with E-state index in [9.17, 15) is 14.7 Å². The summed E-state index contributed by atoms with van der Waals surface area (Å²) in [5.74, 6) is 1.41. The fourth-order valence-corrected chi connectivity index (χ4v) is 5.43. The molecule has 1 aliphatic heterocycles. The summed E-state index contributed by atoms with van der Waals surface area (Å²) in [6, 6.07) is 25.1. The quantitative estimate of drug-likeness (QED) is 0.208. The molecule has 0 aliphatic carbocycles. The van der Waals surface area contributed by atoms with Crippen LogP contribution >= 0.6 is 22.6 Å². The van der Waals surface area contributed by atoms with Crippen LogP contribution in [-0.4, -0.2) is 47.7 Å². The normalized spacial score (nSPS) is 18.9. The van der Waals surface area contributed by atoms with Gasteiger partial charge in [0.2, 0.25) is 0 Å². The van der Waals surface area contributed by atoms with Crippen molar-refractivity contribution in [1.82, 2.24) is 9.55 Å². The third kappa shape index (κ3) is 5.44. The summed E-state index contributed by atoms with van der Waals surface area (Å²) in [6.45, 7) is 0.0137. The van der Waals surface area contributed by atoms with Crippen LogP contribution in [0.3, 0.4) is 0 Å². The lowest BCUT2D eigenvalue weighted by Crippen LogP contribution is -2.38. The molecule has 0 radical (unpaired) electrons. The molecule has 4 aromatic rings. The Bertz CT molecular complexity index is 1500. The molecule has 5 rings (SSSR count). The third-order valence-corrected chi connectivity index (χ3v) is 7.84. The monoisotopic (exact) mass is 656 g/mol. The molecule has 0 spiro atoms. The van der Waals surface area contributed by atoms with Crippen molar-refractivity contribution in [2.45, 2.75) is 30.5 Å². The lowest BCUT2D eigenvalue weighted by molar-refractivity contribution is -0.0944. The van der Waals surface area contributed by atoms with Crippen LogP contribution in [0.1, 0.15) is 29.3 Å². The molecule has 3 atom stereocenters. The maximum absolute atomic E-state index is 12.5. The van der Waals surface area contributed by atoms with Crippen LogP contribution in [0.25, 0.3) is 0 Å². The summed E-state index contributed by atoms with van der Waals surface area (Å²) in [5.41, 5.74) is 0.428. The van der Waals surface area contributed by atoms with E-state index in [1.54, 1.807) is 14.2 Å². The molecule has 3 aromatic carbocycles. The summed E-state index contributed by atoms with van der Waals surface area (Å²) in [5, 5.41) is 11.0. The van der Waals surface area contributed by atoms with Crippen molar-refractivity contribution in [3.05, 3.63) is 126 Å². The van der Waals surface area contributed by atoms with Crippen LogP contribution in [0.15, 0.2) is 94.6 Å². The summed E-state index contributed by atoms with van der Waals surface area (Å²) in [6.07, 6.45) is -0.789. The molecule has 1 fully saturated rings. The van der Waals surface area contributed by atoms with Crippen LogP contribution in [0.4, 0.5) is 0 Å². The van der Waals surface area contributed by atoms with E-state index in [2.05, 4.69) is 4.98 Å². The third-order valence-electron chi connectivity index (χ3n) is 7.08. The lowest BCUT2D eigenvalue weighted by Gasteiger charge is -2.37. The maximum atomic E-state index is 12.5. The van der Waals surface area contributed by atoms with Gasteiger partial charge in [0.25, 0.3) is 5.56 Å². The zero-order valence-corrected chi connectivity index (χ0v) is 24.1. The van der Waals surface area contributed by atoms with Gasteiger partial charge < -0.3 is 24.1 Å². The Balaban J connectivity index is 1.54. The highest BCUT2D eigenvalue weighted by Gasteiger charge is 2.42. The second kappa shape index (κ2) is 12.0. The van der Waals surface area contributed by atoms with E-state index in [0.29, 0.717) is 15.1 Å². The minimum absolute atomic E-state index is 0.0137. The van der Waals surface area contributed by atoms with Gasteiger partial charge in [-0.3, -0.25) is 14.3 Å². The average Bonchev–Trinajstić information content (AvgIpc) is 3.36. The number of methoxy groups -OCH3 is 2. The van der Waals surface area contributed by atoms with Crippen molar-refractivity contribution in [2.24, 2.45) is 0 Å². The summed E-state index contributed by atoms with van der Waals surface area (Å²) >= 11 is 1.86. The van der Waals surface area contributed by atoms with Gasteiger partial charge in [-0.2, -0.15) is 0 Å². The molecule has 1 saturated heterocycles. The van der Waals surface area contributed by atoms with Crippen LogP contribution in [0.2, 0.25) is 0 Å². The summed E-state index contributed by atoms with van der Waals surface area (Å²) in [4.78, 5) is 26.6. The van der Waals surface area contributed by atoms with Gasteiger partial charge in [0.05, 0.1) is 30.5 Å². The number of ether oxygens (including phenoxy) is 4. The molecule has 208 valence electrons. The standard InChI is InChI=1S/C30H29IN2O7/c1-37-22-12-8-20(9-13-22)30(19-6-4-3-5-7-19,21-10-14-23(38-2)15-11-21)39-18-26-25(34)16-27(40-26)33-17-24(31)28(35)32-29(33)36/h3-15,17,25-27,34H,16,18H2,1-2H3,(H,32,35,36). The first-order valence-corrected chi connectivity index (χ1v) is 13.8. The molecule has 9 nitrogen and oxygen atoms in total. The number of rotatable bonds is 9. The van der Waals surface area contributed by atoms with Crippen molar-refractivity contribution in [3.63, 3.8) is 0 Å². The number of H-pyrrole nitrogens is 1. The van der Waals surface area contributed by atoms with Crippen molar-refractivity contribution in [3.8, 4) is 11.5 Å². The zero-order chi connectivity index (χ0) is 28.3. The van der Waals surface area contributed by atoms with E-state index in [-0.39, 0.29) is 13.0 Å². The Morgan fingerprint density at radius 1 is 0.925 bits per heavy atom. The second-order valence-electron chi connectivity index (χ2n) is 9.39. The first kappa shape index (κ1) is 28.1. The predicted octanol–water partition coefficient (Wildman–Crippen LogP) is 3.82. The lowest BCUT2D eigenvalue weighted by atomic mass is 9.80. The molecule has 3 unspecified atom stereocenters. The Kier molecular flexibility index (Phi) is 8.40. The first-order chi connectivity index (χ1) is 19.3. The van der Waals surface area contributed by atoms with Crippen molar-refractivity contribution < 1.29 is 24.1 Å². The largest absolute Gasteiger partial charge is 0.497 e. The first-order valence-electron chi connectivity index (χ1n) is 12.7. The van der Waals surface area contributed by atoms with E-state index >= 15 is 0 Å². The highest BCUT2D eigenvalue weighted by molar-refractivity contribution is 14.1. The number of nitrogens with one attached hydrogen (secondary N) is 1. The minimum atomic E-state index is -1.08. The summed E-state index contributed by atoms with van der Waals surface area (Å²) in [7, 11) is 3.23. The minimum Gasteiger partial charge on any atom is -0.497 e. The number of nitrogens with zero attached hydrogens (tertiary/aromatic N) is 1. The Labute approximate surface area is 244 Å². The number of aliphatic hydroxyl groups is 1. The van der Waals surface area contributed by atoms with E-state index in [4.69, 9.17) is 18.9 Å². The van der Waals surface area contributed by atoms with Crippen LogP contribution in [0.5, 0.6) is 11.5 Å². The summed E-state index contributed by atoms with van der Waals surface area (Å²) < 4.78 is 25.4. The van der Waals surface area contributed by atoms with Crippen molar-refractivity contribution >= 4 is 22.6 Å². The zero-order valence-electron chi connectivity index (χ0n) is 22.0. The number of aliphatic hydroxyl groups excluding tert-OH is 1. The average molecular weight is 656 g/mol. The molecule has 0 amide bonds. The van der Waals surface area contributed by atoms with Crippen molar-refractivity contribution in [1.29, 1.82) is 0 Å². The molecular weight excluding hydrogens is 627 g/mol. The highest BCUT2D eigenvalue weighted by atomic mass is 127. The van der Waals surface area contributed by atoms with E-state index in [0.717, 1.165) is 16.7 Å². The Morgan fingerprint density at radius 2 is 1.48 bits per heavy atom. The SMILES string of the molecule is COc1ccc(C(OCC2OC(n3cc(I)c(=O)[nH]c3=O)CC2O)(c2ccccc2)c2ccc(OC)cc2)cc1. The van der Waals surface area contributed by atoms with E-state index in [1.165, 1.54) is 10.8 Å². The fraction of sp³-hybridized carbons (Fsp3) is 0.267. The van der Waals surface area contributed by atoms with Gasteiger partial charge in [-0.05, 0) is 63.5 Å². The van der Waals surface area contributed by atoms with Gasteiger partial charge in [-0.25, -0.2) is 4.79 Å². The van der Waals surface area contributed by atoms with E-state index < -0.39 is 35.3 Å². The molecule has 0 saturated carbocycles. The number of aromatic amines is 1. The molecule has 10 heteroatoms. The molecule has 2 N–H and O–H groups in total. The van der Waals surface area contributed by atoms with Gasteiger partial charge in [0.15, 0.2) is 0 Å². The van der Waals surface area contributed by atoms with Gasteiger partial charge >= 0.3 is 5.69 Å². The molecule has 1 aromatic heterocycles. The van der Waals surface area contributed by atoms with Crippen LogP contribution in [-0.2, 0) is 15.1 Å². The van der Waals surface area contributed by atoms with Crippen LogP contribution < -0.4 is 20.7 Å². The Morgan fingerprint density at radius 3 is 2.02 bits per heavy atom. The van der Waals surface area contributed by atoms with Crippen LogP contribution in [0, 0.1) is 3.57 Å². The molecular formula is C30H29IN2O7. The highest BCUT2D eigenvalue weighted by Crippen LogP contribution is 2.42. The number of benzene rings is 3. The molecule has 2 heterocycles. The predicted molar refractivity (Wildman–Crippen MR) is 157 cm³/mol. The van der Waals surface area contributed by atoms with Gasteiger partial charge in [0, 0.05) is 12.6 Å². The fourth-order valence-electron chi connectivity index (χ4n) is 4.99. The van der Waals surface area contributed by atoms with Gasteiger partial charge in [-0.1, -0.05) is 54.6 Å². The van der Waals surface area contributed by atoms with E-state index in [1.807, 2.05) is 101 Å². The number of hydrogen-bond donors (Lipinski definition) is 2. The molecule has 40 heavy (non-hydrogen) atoms. The molecule has 0 bridgehead atoms. The Hall–Kier alpha value is -3.45.